The molecule has 0 bridgehead atoms. The zero-order valence-electron chi connectivity index (χ0n) is 17.9. The Hall–Kier alpha value is -3.65. The minimum atomic E-state index is -0.412. The van der Waals surface area contributed by atoms with Crippen LogP contribution in [0.2, 0.25) is 0 Å². The standard InChI is InChI=1S/C24H25N3O5/c1-18-14-21(7-8-23(18)27(29)30)32-17-19-4-2-5-20(15-19)24(28)26-11-9-25(10-12-26)16-22-6-3-13-31-22/h2-8,13-15H,9-12,16-17H2,1H3. The highest BCUT2D eigenvalue weighted by molar-refractivity contribution is 5.94. The van der Waals surface area contributed by atoms with Gasteiger partial charge in [-0.15, -0.1) is 0 Å². The van der Waals surface area contributed by atoms with E-state index in [0.717, 1.165) is 31.0 Å². The first-order valence-corrected chi connectivity index (χ1v) is 10.5. The maximum absolute atomic E-state index is 13.0. The summed E-state index contributed by atoms with van der Waals surface area (Å²) in [4.78, 5) is 27.7. The molecule has 0 N–H and O–H groups in total. The smallest absolute Gasteiger partial charge is 0.272 e. The van der Waals surface area contributed by atoms with Gasteiger partial charge in [0.25, 0.3) is 11.6 Å². The van der Waals surface area contributed by atoms with Gasteiger partial charge in [0, 0.05) is 43.4 Å². The fourth-order valence-corrected chi connectivity index (χ4v) is 3.80. The number of amides is 1. The molecule has 0 atom stereocenters. The van der Waals surface area contributed by atoms with E-state index in [-0.39, 0.29) is 18.2 Å². The van der Waals surface area contributed by atoms with Crippen LogP contribution in [0.4, 0.5) is 5.69 Å². The van der Waals surface area contributed by atoms with E-state index in [2.05, 4.69) is 4.90 Å². The van der Waals surface area contributed by atoms with Crippen molar-refractivity contribution in [3.05, 3.63) is 93.4 Å². The summed E-state index contributed by atoms with van der Waals surface area (Å²) < 4.78 is 11.2. The van der Waals surface area contributed by atoms with Crippen LogP contribution in [0.1, 0.15) is 27.2 Å². The lowest BCUT2D eigenvalue weighted by atomic mass is 10.1. The molecule has 0 radical (unpaired) electrons. The summed E-state index contributed by atoms with van der Waals surface area (Å²) in [5, 5.41) is 11.0. The van der Waals surface area contributed by atoms with Gasteiger partial charge in [0.05, 0.1) is 17.7 Å². The molecule has 0 aliphatic carbocycles. The predicted molar refractivity (Wildman–Crippen MR) is 118 cm³/mol. The molecule has 2 aromatic carbocycles. The van der Waals surface area contributed by atoms with E-state index < -0.39 is 4.92 Å². The molecule has 1 aromatic heterocycles. The lowest BCUT2D eigenvalue weighted by Gasteiger charge is -2.34. The largest absolute Gasteiger partial charge is 0.489 e. The van der Waals surface area contributed by atoms with Crippen LogP contribution in [0, 0.1) is 17.0 Å². The molecule has 8 nitrogen and oxygen atoms in total. The van der Waals surface area contributed by atoms with Gasteiger partial charge in [0.2, 0.25) is 0 Å². The van der Waals surface area contributed by atoms with Crippen LogP contribution in [0.3, 0.4) is 0 Å². The molecule has 8 heteroatoms. The highest BCUT2D eigenvalue weighted by Crippen LogP contribution is 2.24. The van der Waals surface area contributed by atoms with Gasteiger partial charge in [-0.1, -0.05) is 12.1 Å². The summed E-state index contributed by atoms with van der Waals surface area (Å²) in [6, 6.07) is 15.9. The lowest BCUT2D eigenvalue weighted by molar-refractivity contribution is -0.385. The predicted octanol–water partition coefficient (Wildman–Crippen LogP) is 4.03. The van der Waals surface area contributed by atoms with E-state index >= 15 is 0 Å². The molecule has 1 aliphatic rings. The Morgan fingerprint density at radius 1 is 1.09 bits per heavy atom. The van der Waals surface area contributed by atoms with Crippen molar-refractivity contribution in [3.8, 4) is 5.75 Å². The number of nitrogens with zero attached hydrogens (tertiary/aromatic N) is 3. The average Bonchev–Trinajstić information content (AvgIpc) is 3.31. The molecule has 2 heterocycles. The number of nitro benzene ring substituents is 1. The maximum atomic E-state index is 13.0. The normalized spacial score (nSPS) is 14.3. The molecule has 0 unspecified atom stereocenters. The molecule has 0 spiro atoms. The van der Waals surface area contributed by atoms with E-state index in [0.29, 0.717) is 30.0 Å². The number of hydrogen-bond acceptors (Lipinski definition) is 6. The van der Waals surface area contributed by atoms with Crippen LogP contribution in [0.15, 0.2) is 65.3 Å². The summed E-state index contributed by atoms with van der Waals surface area (Å²) in [6.07, 6.45) is 1.68. The van der Waals surface area contributed by atoms with Crippen LogP contribution in [-0.2, 0) is 13.2 Å². The maximum Gasteiger partial charge on any atom is 0.272 e. The molecule has 4 rings (SSSR count). The van der Waals surface area contributed by atoms with Gasteiger partial charge in [-0.25, -0.2) is 0 Å². The molecule has 1 amide bonds. The van der Waals surface area contributed by atoms with E-state index in [9.17, 15) is 14.9 Å². The number of aryl methyl sites for hydroxylation is 1. The summed E-state index contributed by atoms with van der Waals surface area (Å²) >= 11 is 0. The number of nitro groups is 1. The topological polar surface area (TPSA) is 89.1 Å². The van der Waals surface area contributed by atoms with Gasteiger partial charge < -0.3 is 14.1 Å². The second-order valence-corrected chi connectivity index (χ2v) is 7.84. The number of ether oxygens (including phenoxy) is 1. The third-order valence-electron chi connectivity index (χ3n) is 5.56. The fraction of sp³-hybridized carbons (Fsp3) is 0.292. The lowest BCUT2D eigenvalue weighted by Crippen LogP contribution is -2.48. The summed E-state index contributed by atoms with van der Waals surface area (Å²) in [7, 11) is 0. The Bertz CT molecular complexity index is 1090. The van der Waals surface area contributed by atoms with Crippen LogP contribution in [0.25, 0.3) is 0 Å². The van der Waals surface area contributed by atoms with Gasteiger partial charge in [0.1, 0.15) is 18.1 Å². The van der Waals surface area contributed by atoms with E-state index in [1.165, 1.54) is 6.07 Å². The zero-order chi connectivity index (χ0) is 22.5. The van der Waals surface area contributed by atoms with Gasteiger partial charge in [0.15, 0.2) is 0 Å². The fourth-order valence-electron chi connectivity index (χ4n) is 3.80. The second-order valence-electron chi connectivity index (χ2n) is 7.84. The Balaban J connectivity index is 1.33. The van der Waals surface area contributed by atoms with Crippen molar-refractivity contribution in [1.29, 1.82) is 0 Å². The van der Waals surface area contributed by atoms with Crippen LogP contribution in [0.5, 0.6) is 5.75 Å². The van der Waals surface area contributed by atoms with Crippen molar-refractivity contribution in [3.63, 3.8) is 0 Å². The molecular formula is C24H25N3O5. The molecule has 166 valence electrons. The van der Waals surface area contributed by atoms with Crippen LogP contribution >= 0.6 is 0 Å². The van der Waals surface area contributed by atoms with Crippen molar-refractivity contribution in [2.24, 2.45) is 0 Å². The Labute approximate surface area is 186 Å². The molecule has 1 saturated heterocycles. The third kappa shape index (κ3) is 5.15. The zero-order valence-corrected chi connectivity index (χ0v) is 17.9. The van der Waals surface area contributed by atoms with Gasteiger partial charge in [-0.3, -0.25) is 19.8 Å². The van der Waals surface area contributed by atoms with Crippen molar-refractivity contribution < 1.29 is 18.9 Å². The second kappa shape index (κ2) is 9.65. The summed E-state index contributed by atoms with van der Waals surface area (Å²) in [5.74, 6) is 1.49. The van der Waals surface area contributed by atoms with Gasteiger partial charge in [-0.2, -0.15) is 0 Å². The van der Waals surface area contributed by atoms with Crippen molar-refractivity contribution in [2.75, 3.05) is 26.2 Å². The highest BCUT2D eigenvalue weighted by atomic mass is 16.6. The first kappa shape index (κ1) is 21.6. The SMILES string of the molecule is Cc1cc(OCc2cccc(C(=O)N3CCN(Cc4ccco4)CC3)c2)ccc1[N+](=O)[O-]. The molecule has 1 aliphatic heterocycles. The minimum Gasteiger partial charge on any atom is -0.489 e. The first-order valence-electron chi connectivity index (χ1n) is 10.5. The minimum absolute atomic E-state index is 0.00989. The summed E-state index contributed by atoms with van der Waals surface area (Å²) in [6.45, 7) is 5.64. The van der Waals surface area contributed by atoms with E-state index in [1.54, 1.807) is 25.3 Å². The van der Waals surface area contributed by atoms with Crippen molar-refractivity contribution >= 4 is 11.6 Å². The number of rotatable bonds is 7. The molecule has 0 saturated carbocycles. The molecule has 1 fully saturated rings. The molecule has 32 heavy (non-hydrogen) atoms. The van der Waals surface area contributed by atoms with Crippen LogP contribution < -0.4 is 4.74 Å². The highest BCUT2D eigenvalue weighted by Gasteiger charge is 2.22. The molecule has 3 aromatic rings. The van der Waals surface area contributed by atoms with Crippen molar-refractivity contribution in [1.82, 2.24) is 9.80 Å². The number of carbonyl (C=O) groups is 1. The Morgan fingerprint density at radius 3 is 2.59 bits per heavy atom. The number of furan rings is 1. The van der Waals surface area contributed by atoms with Gasteiger partial charge in [-0.05, 0) is 48.9 Å². The quantitative estimate of drug-likeness (QED) is 0.411. The first-order chi connectivity index (χ1) is 15.5. The monoisotopic (exact) mass is 435 g/mol. The third-order valence-corrected chi connectivity index (χ3v) is 5.56. The number of hydrogen-bond donors (Lipinski definition) is 0. The Kier molecular flexibility index (Phi) is 6.51. The number of benzene rings is 2. The number of piperazine rings is 1. The van der Waals surface area contributed by atoms with Gasteiger partial charge >= 0.3 is 0 Å². The molecular weight excluding hydrogens is 410 g/mol. The van der Waals surface area contributed by atoms with Crippen molar-refractivity contribution in [2.45, 2.75) is 20.1 Å². The average molecular weight is 435 g/mol. The van der Waals surface area contributed by atoms with E-state index in [1.807, 2.05) is 41.3 Å². The Morgan fingerprint density at radius 2 is 1.91 bits per heavy atom. The number of carbonyl (C=O) groups excluding carboxylic acids is 1. The van der Waals surface area contributed by atoms with E-state index in [4.69, 9.17) is 9.15 Å². The summed E-state index contributed by atoms with van der Waals surface area (Å²) in [5.41, 5.74) is 2.10. The van der Waals surface area contributed by atoms with Crippen LogP contribution in [-0.4, -0.2) is 46.8 Å².